The van der Waals surface area contributed by atoms with Gasteiger partial charge in [-0.05, 0) is 6.07 Å². The van der Waals surface area contributed by atoms with Gasteiger partial charge in [0.2, 0.25) is 0 Å². The van der Waals surface area contributed by atoms with E-state index < -0.39 is 29.5 Å². The van der Waals surface area contributed by atoms with Crippen LogP contribution in [0.25, 0.3) is 0 Å². The molecular formula is C12H13F3N2O3. The van der Waals surface area contributed by atoms with Crippen LogP contribution in [-0.2, 0) is 11.0 Å². The maximum atomic E-state index is 12.5. The molecule has 1 heterocycles. The first kappa shape index (κ1) is 15.9. The summed E-state index contributed by atoms with van der Waals surface area (Å²) in [5, 5.41) is 8.73. The summed E-state index contributed by atoms with van der Waals surface area (Å²) < 4.78 is 37.5. The predicted molar refractivity (Wildman–Crippen MR) is 63.0 cm³/mol. The maximum absolute atomic E-state index is 12.5. The normalized spacial score (nSPS) is 12.8. The zero-order valence-electron chi connectivity index (χ0n) is 10.8. The Balaban J connectivity index is 2.90. The molecule has 1 atom stereocenters. The number of pyridine rings is 1. The van der Waals surface area contributed by atoms with Gasteiger partial charge in [0.05, 0.1) is 17.0 Å². The largest absolute Gasteiger partial charge is 0.481 e. The van der Waals surface area contributed by atoms with E-state index in [1.807, 2.05) is 0 Å². The Labute approximate surface area is 113 Å². The lowest BCUT2D eigenvalue weighted by molar-refractivity contribution is -0.141. The van der Waals surface area contributed by atoms with E-state index in [1.165, 1.54) is 14.0 Å². The third-order valence-corrected chi connectivity index (χ3v) is 2.63. The van der Waals surface area contributed by atoms with Crippen molar-refractivity contribution >= 4 is 11.9 Å². The van der Waals surface area contributed by atoms with Crippen LogP contribution in [-0.4, -0.2) is 40.5 Å². The highest BCUT2D eigenvalue weighted by Crippen LogP contribution is 2.29. The summed E-state index contributed by atoms with van der Waals surface area (Å²) in [6.07, 6.45) is -2.95. The van der Waals surface area contributed by atoms with Crippen LogP contribution >= 0.6 is 0 Å². The van der Waals surface area contributed by atoms with Crippen molar-refractivity contribution in [2.45, 2.75) is 13.1 Å². The number of hydrogen-bond acceptors (Lipinski definition) is 3. The third-order valence-electron chi connectivity index (χ3n) is 2.63. The van der Waals surface area contributed by atoms with Gasteiger partial charge < -0.3 is 10.0 Å². The van der Waals surface area contributed by atoms with Crippen molar-refractivity contribution in [3.8, 4) is 0 Å². The van der Waals surface area contributed by atoms with Gasteiger partial charge in [-0.3, -0.25) is 14.6 Å². The quantitative estimate of drug-likeness (QED) is 0.919. The number of aliphatic carboxylic acids is 1. The summed E-state index contributed by atoms with van der Waals surface area (Å²) >= 11 is 0. The molecule has 0 radical (unpaired) electrons. The number of halogens is 3. The molecule has 0 aliphatic carbocycles. The van der Waals surface area contributed by atoms with Gasteiger partial charge >= 0.3 is 12.1 Å². The standard InChI is InChI=1S/C12H13F3N2O3/c1-7(11(19)20)6-17(2)10(18)8-3-9(5-16-4-8)12(13,14)15/h3-5,7H,6H2,1-2H3,(H,19,20). The fraction of sp³-hybridized carbons (Fsp3) is 0.417. The lowest BCUT2D eigenvalue weighted by Crippen LogP contribution is -2.33. The average molecular weight is 290 g/mol. The van der Waals surface area contributed by atoms with Gasteiger partial charge in [0.25, 0.3) is 5.91 Å². The highest BCUT2D eigenvalue weighted by molar-refractivity contribution is 5.94. The van der Waals surface area contributed by atoms with E-state index in [-0.39, 0.29) is 12.1 Å². The van der Waals surface area contributed by atoms with Crippen LogP contribution in [0, 0.1) is 5.92 Å². The Morgan fingerprint density at radius 2 is 2.00 bits per heavy atom. The van der Waals surface area contributed by atoms with E-state index in [9.17, 15) is 22.8 Å². The van der Waals surface area contributed by atoms with Gasteiger partial charge in [0, 0.05) is 26.0 Å². The van der Waals surface area contributed by atoms with E-state index in [1.54, 1.807) is 0 Å². The SMILES string of the molecule is CC(CN(C)C(=O)c1cncc(C(F)(F)F)c1)C(=O)O. The third kappa shape index (κ3) is 3.94. The van der Waals surface area contributed by atoms with E-state index in [0.717, 1.165) is 11.1 Å². The van der Waals surface area contributed by atoms with Gasteiger partial charge in [-0.15, -0.1) is 0 Å². The molecule has 0 saturated carbocycles. The lowest BCUT2D eigenvalue weighted by Gasteiger charge is -2.19. The number of amides is 1. The molecule has 0 aliphatic rings. The van der Waals surface area contributed by atoms with Gasteiger partial charge in [-0.25, -0.2) is 0 Å². The van der Waals surface area contributed by atoms with E-state index in [0.29, 0.717) is 12.3 Å². The first-order valence-corrected chi connectivity index (χ1v) is 5.63. The fourth-order valence-electron chi connectivity index (χ4n) is 1.50. The molecule has 1 aromatic heterocycles. The molecule has 0 fully saturated rings. The average Bonchev–Trinajstić information content (AvgIpc) is 2.36. The number of aromatic nitrogens is 1. The summed E-state index contributed by atoms with van der Waals surface area (Å²) in [5.41, 5.74) is -1.26. The molecule has 1 aromatic rings. The number of rotatable bonds is 4. The second kappa shape index (κ2) is 5.89. The maximum Gasteiger partial charge on any atom is 0.417 e. The van der Waals surface area contributed by atoms with Gasteiger partial charge in [0.1, 0.15) is 0 Å². The minimum atomic E-state index is -4.59. The lowest BCUT2D eigenvalue weighted by atomic mass is 10.1. The fourth-order valence-corrected chi connectivity index (χ4v) is 1.50. The summed E-state index contributed by atoms with van der Waals surface area (Å²) in [6.45, 7) is 1.29. The number of carboxylic acid groups (broad SMARTS) is 1. The van der Waals surface area contributed by atoms with Crippen molar-refractivity contribution in [2.75, 3.05) is 13.6 Å². The molecule has 0 aromatic carbocycles. The zero-order valence-corrected chi connectivity index (χ0v) is 10.8. The van der Waals surface area contributed by atoms with Crippen molar-refractivity contribution < 1.29 is 27.9 Å². The van der Waals surface area contributed by atoms with E-state index in [4.69, 9.17) is 5.11 Å². The number of nitrogens with zero attached hydrogens (tertiary/aromatic N) is 2. The number of carbonyl (C=O) groups is 2. The van der Waals surface area contributed by atoms with Crippen molar-refractivity contribution in [3.63, 3.8) is 0 Å². The Hall–Kier alpha value is -2.12. The molecule has 0 bridgehead atoms. The highest BCUT2D eigenvalue weighted by atomic mass is 19.4. The molecule has 1 rings (SSSR count). The molecule has 110 valence electrons. The number of hydrogen-bond donors (Lipinski definition) is 1. The van der Waals surface area contributed by atoms with Crippen molar-refractivity contribution in [3.05, 3.63) is 29.6 Å². The molecule has 0 spiro atoms. The Bertz CT molecular complexity index is 517. The second-order valence-electron chi connectivity index (χ2n) is 4.39. The van der Waals surface area contributed by atoms with E-state index >= 15 is 0 Å². The molecule has 8 heteroatoms. The molecule has 20 heavy (non-hydrogen) atoms. The monoisotopic (exact) mass is 290 g/mol. The van der Waals surface area contributed by atoms with Crippen molar-refractivity contribution in [1.29, 1.82) is 0 Å². The summed E-state index contributed by atoms with van der Waals surface area (Å²) in [7, 11) is 1.32. The van der Waals surface area contributed by atoms with Crippen LogP contribution in [0.2, 0.25) is 0 Å². The number of carbonyl (C=O) groups excluding carboxylic acids is 1. The smallest absolute Gasteiger partial charge is 0.417 e. The summed E-state index contributed by atoms with van der Waals surface area (Å²) in [4.78, 5) is 27.0. The van der Waals surface area contributed by atoms with Crippen LogP contribution in [0.1, 0.15) is 22.8 Å². The number of carboxylic acids is 1. The topological polar surface area (TPSA) is 70.5 Å². The summed E-state index contributed by atoms with van der Waals surface area (Å²) in [6, 6.07) is 0.692. The van der Waals surface area contributed by atoms with Gasteiger partial charge in [0.15, 0.2) is 0 Å². The minimum absolute atomic E-state index is 0.107. The first-order chi connectivity index (χ1) is 9.12. The predicted octanol–water partition coefficient (Wildman–Crippen LogP) is 1.89. The number of alkyl halides is 3. The second-order valence-corrected chi connectivity index (χ2v) is 4.39. The minimum Gasteiger partial charge on any atom is -0.481 e. The molecular weight excluding hydrogens is 277 g/mol. The highest BCUT2D eigenvalue weighted by Gasteiger charge is 2.32. The molecule has 1 amide bonds. The van der Waals surface area contributed by atoms with Crippen LogP contribution in [0.3, 0.4) is 0 Å². The van der Waals surface area contributed by atoms with Gasteiger partial charge in [-0.2, -0.15) is 13.2 Å². The molecule has 1 N–H and O–H groups in total. The molecule has 0 aliphatic heterocycles. The van der Waals surface area contributed by atoms with Gasteiger partial charge in [-0.1, -0.05) is 6.92 Å². The zero-order chi connectivity index (χ0) is 15.5. The molecule has 1 unspecified atom stereocenters. The van der Waals surface area contributed by atoms with Crippen LogP contribution in [0.15, 0.2) is 18.5 Å². The molecule has 0 saturated heterocycles. The van der Waals surface area contributed by atoms with Crippen LogP contribution in [0.4, 0.5) is 13.2 Å². The van der Waals surface area contributed by atoms with Crippen molar-refractivity contribution in [1.82, 2.24) is 9.88 Å². The van der Waals surface area contributed by atoms with Crippen LogP contribution < -0.4 is 0 Å². The Morgan fingerprint density at radius 1 is 1.40 bits per heavy atom. The first-order valence-electron chi connectivity index (χ1n) is 5.63. The van der Waals surface area contributed by atoms with Crippen molar-refractivity contribution in [2.24, 2.45) is 5.92 Å². The Kier molecular flexibility index (Phi) is 4.69. The Morgan fingerprint density at radius 3 is 2.50 bits per heavy atom. The summed E-state index contributed by atoms with van der Waals surface area (Å²) in [5.74, 6) is -2.62. The molecule has 5 nitrogen and oxygen atoms in total. The van der Waals surface area contributed by atoms with E-state index in [2.05, 4.69) is 4.98 Å². The van der Waals surface area contributed by atoms with Crippen LogP contribution in [0.5, 0.6) is 0 Å².